The Morgan fingerprint density at radius 1 is 1.16 bits per heavy atom. The van der Waals surface area contributed by atoms with Crippen molar-refractivity contribution in [2.24, 2.45) is 0 Å². The lowest BCUT2D eigenvalue weighted by Crippen LogP contribution is -2.29. The summed E-state index contributed by atoms with van der Waals surface area (Å²) in [6.45, 7) is 4.18. The van der Waals surface area contributed by atoms with Gasteiger partial charge in [-0.25, -0.2) is 9.59 Å². The van der Waals surface area contributed by atoms with Gasteiger partial charge in [0, 0.05) is 23.9 Å². The standard InChI is InChI=1S/C17H19NO7/c1-3-22-15(19)6-7-16(20)25-11(2)17(21)18-12-4-5-13-14(10-12)24-9-8-23-13/h4-7,10-11H,3,8-9H2,1-2H3,(H,18,21)/b7-6+/t11-/m1/s1. The zero-order chi connectivity index (χ0) is 18.2. The highest BCUT2D eigenvalue weighted by Gasteiger charge is 2.18. The molecule has 1 atom stereocenters. The normalized spacial score (nSPS) is 13.8. The number of nitrogens with one attached hydrogen (secondary N) is 1. The quantitative estimate of drug-likeness (QED) is 0.613. The predicted octanol–water partition coefficient (Wildman–Crippen LogP) is 1.45. The van der Waals surface area contributed by atoms with Gasteiger partial charge in [-0.15, -0.1) is 0 Å². The van der Waals surface area contributed by atoms with Crippen molar-refractivity contribution >= 4 is 23.5 Å². The molecule has 1 amide bonds. The Labute approximate surface area is 144 Å². The average molecular weight is 349 g/mol. The molecule has 25 heavy (non-hydrogen) atoms. The number of hydrogen-bond donors (Lipinski definition) is 1. The number of carbonyl (C=O) groups is 3. The van der Waals surface area contributed by atoms with Gasteiger partial charge in [-0.05, 0) is 26.0 Å². The minimum absolute atomic E-state index is 0.201. The van der Waals surface area contributed by atoms with E-state index < -0.39 is 23.9 Å². The lowest BCUT2D eigenvalue weighted by atomic mass is 10.2. The molecular formula is C17H19NO7. The molecule has 0 fully saturated rings. The Balaban J connectivity index is 1.87. The summed E-state index contributed by atoms with van der Waals surface area (Å²) in [5.41, 5.74) is 0.485. The number of fused-ring (bicyclic) bond motifs is 1. The maximum absolute atomic E-state index is 12.1. The fourth-order valence-corrected chi connectivity index (χ4v) is 1.96. The molecule has 8 heteroatoms. The molecule has 0 aromatic heterocycles. The van der Waals surface area contributed by atoms with Crippen LogP contribution in [0.4, 0.5) is 5.69 Å². The van der Waals surface area contributed by atoms with E-state index in [1.54, 1.807) is 25.1 Å². The van der Waals surface area contributed by atoms with Crippen molar-refractivity contribution in [3.05, 3.63) is 30.4 Å². The third kappa shape index (κ3) is 5.52. The smallest absolute Gasteiger partial charge is 0.331 e. The lowest BCUT2D eigenvalue weighted by Gasteiger charge is -2.19. The van der Waals surface area contributed by atoms with Crippen LogP contribution in [0, 0.1) is 0 Å². The Kier molecular flexibility index (Phi) is 6.39. The average Bonchev–Trinajstić information content (AvgIpc) is 2.60. The Morgan fingerprint density at radius 2 is 1.84 bits per heavy atom. The van der Waals surface area contributed by atoms with E-state index in [0.717, 1.165) is 12.2 Å². The summed E-state index contributed by atoms with van der Waals surface area (Å²) >= 11 is 0. The van der Waals surface area contributed by atoms with Gasteiger partial charge in [0.05, 0.1) is 6.61 Å². The van der Waals surface area contributed by atoms with E-state index in [2.05, 4.69) is 10.1 Å². The highest BCUT2D eigenvalue weighted by molar-refractivity contribution is 5.97. The molecule has 134 valence electrons. The summed E-state index contributed by atoms with van der Waals surface area (Å²) in [5, 5.41) is 2.61. The first-order valence-electron chi connectivity index (χ1n) is 7.75. The van der Waals surface area contributed by atoms with Crippen LogP contribution in [0.1, 0.15) is 13.8 Å². The molecule has 8 nitrogen and oxygen atoms in total. The summed E-state index contributed by atoms with van der Waals surface area (Å²) in [5.74, 6) is -0.862. The van der Waals surface area contributed by atoms with Gasteiger partial charge < -0.3 is 24.3 Å². The molecule has 0 bridgehead atoms. The molecule has 1 aromatic rings. The monoisotopic (exact) mass is 349 g/mol. The van der Waals surface area contributed by atoms with E-state index in [4.69, 9.17) is 14.2 Å². The van der Waals surface area contributed by atoms with Crippen molar-refractivity contribution in [1.29, 1.82) is 0 Å². The van der Waals surface area contributed by atoms with Crippen molar-refractivity contribution in [3.63, 3.8) is 0 Å². The minimum Gasteiger partial charge on any atom is -0.486 e. The molecule has 1 aliphatic heterocycles. The van der Waals surface area contributed by atoms with E-state index in [1.807, 2.05) is 0 Å². The zero-order valence-corrected chi connectivity index (χ0v) is 13.9. The van der Waals surface area contributed by atoms with Crippen LogP contribution >= 0.6 is 0 Å². The number of hydrogen-bond acceptors (Lipinski definition) is 7. The first kappa shape index (κ1) is 18.3. The predicted molar refractivity (Wildman–Crippen MR) is 87.4 cm³/mol. The van der Waals surface area contributed by atoms with E-state index in [-0.39, 0.29) is 6.61 Å². The summed E-state index contributed by atoms with van der Waals surface area (Å²) in [6, 6.07) is 4.96. The van der Waals surface area contributed by atoms with Gasteiger partial charge in [0.15, 0.2) is 17.6 Å². The van der Waals surface area contributed by atoms with Crippen LogP contribution in [0.15, 0.2) is 30.4 Å². The van der Waals surface area contributed by atoms with Crippen molar-refractivity contribution in [2.45, 2.75) is 20.0 Å². The number of carbonyl (C=O) groups excluding carboxylic acids is 3. The van der Waals surface area contributed by atoms with Gasteiger partial charge in [-0.2, -0.15) is 0 Å². The topological polar surface area (TPSA) is 100 Å². The summed E-state index contributed by atoms with van der Waals surface area (Å²) in [7, 11) is 0. The molecule has 1 aromatic carbocycles. The van der Waals surface area contributed by atoms with E-state index in [1.165, 1.54) is 6.92 Å². The molecule has 0 spiro atoms. The molecule has 0 radical (unpaired) electrons. The van der Waals surface area contributed by atoms with Crippen LogP contribution in [0.5, 0.6) is 11.5 Å². The van der Waals surface area contributed by atoms with Crippen molar-refractivity contribution in [2.75, 3.05) is 25.1 Å². The Morgan fingerprint density at radius 3 is 2.56 bits per heavy atom. The fraction of sp³-hybridized carbons (Fsp3) is 0.353. The van der Waals surface area contributed by atoms with E-state index >= 15 is 0 Å². The number of amides is 1. The summed E-state index contributed by atoms with van der Waals surface area (Å²) < 4.78 is 20.4. The number of ether oxygens (including phenoxy) is 4. The second kappa shape index (κ2) is 8.72. The molecule has 1 N–H and O–H groups in total. The molecule has 0 aliphatic carbocycles. The second-order valence-corrected chi connectivity index (χ2v) is 5.01. The lowest BCUT2D eigenvalue weighted by molar-refractivity contribution is -0.148. The maximum atomic E-state index is 12.1. The Hall–Kier alpha value is -3.03. The minimum atomic E-state index is -1.05. The first-order chi connectivity index (χ1) is 12.0. The Bertz CT molecular complexity index is 684. The molecule has 1 aliphatic rings. The van der Waals surface area contributed by atoms with Crippen LogP contribution in [0.3, 0.4) is 0 Å². The zero-order valence-electron chi connectivity index (χ0n) is 13.9. The molecule has 0 unspecified atom stereocenters. The van der Waals surface area contributed by atoms with Crippen LogP contribution in [0.25, 0.3) is 0 Å². The van der Waals surface area contributed by atoms with Gasteiger partial charge in [0.2, 0.25) is 0 Å². The van der Waals surface area contributed by atoms with Crippen LogP contribution in [-0.2, 0) is 23.9 Å². The van der Waals surface area contributed by atoms with E-state index in [9.17, 15) is 14.4 Å². The van der Waals surface area contributed by atoms with Gasteiger partial charge in [-0.1, -0.05) is 0 Å². The SMILES string of the molecule is CCOC(=O)/C=C/C(=O)O[C@H](C)C(=O)Nc1ccc2c(c1)OCCO2. The number of benzene rings is 1. The first-order valence-corrected chi connectivity index (χ1v) is 7.75. The van der Waals surface area contributed by atoms with Gasteiger partial charge >= 0.3 is 11.9 Å². The van der Waals surface area contributed by atoms with Gasteiger partial charge in [0.1, 0.15) is 13.2 Å². The van der Waals surface area contributed by atoms with Gasteiger partial charge in [0.25, 0.3) is 5.91 Å². The maximum Gasteiger partial charge on any atom is 0.331 e. The number of esters is 2. The summed E-state index contributed by atoms with van der Waals surface area (Å²) in [4.78, 5) is 34.8. The molecule has 2 rings (SSSR count). The van der Waals surface area contributed by atoms with Crippen molar-refractivity contribution in [1.82, 2.24) is 0 Å². The second-order valence-electron chi connectivity index (χ2n) is 5.01. The molecule has 0 saturated carbocycles. The third-order valence-corrected chi connectivity index (χ3v) is 3.11. The van der Waals surface area contributed by atoms with E-state index in [0.29, 0.717) is 30.4 Å². The molecule has 1 heterocycles. The summed E-state index contributed by atoms with van der Waals surface area (Å²) in [6.07, 6.45) is 0.802. The van der Waals surface area contributed by atoms with Crippen molar-refractivity contribution in [3.8, 4) is 11.5 Å². The largest absolute Gasteiger partial charge is 0.486 e. The number of anilines is 1. The number of rotatable bonds is 6. The highest BCUT2D eigenvalue weighted by atomic mass is 16.6. The van der Waals surface area contributed by atoms with Crippen LogP contribution in [0.2, 0.25) is 0 Å². The van der Waals surface area contributed by atoms with Crippen molar-refractivity contribution < 1.29 is 33.3 Å². The third-order valence-electron chi connectivity index (χ3n) is 3.11. The van der Waals surface area contributed by atoms with Crippen LogP contribution < -0.4 is 14.8 Å². The fourth-order valence-electron chi connectivity index (χ4n) is 1.96. The highest BCUT2D eigenvalue weighted by Crippen LogP contribution is 2.32. The van der Waals surface area contributed by atoms with Crippen LogP contribution in [-0.4, -0.2) is 43.8 Å². The van der Waals surface area contributed by atoms with Gasteiger partial charge in [-0.3, -0.25) is 4.79 Å². The molecular weight excluding hydrogens is 330 g/mol. The molecule has 0 saturated heterocycles.